The number of nitrogens with two attached hydrogens (primary N) is 1. The van der Waals surface area contributed by atoms with Gasteiger partial charge in [-0.15, -0.1) is 12.4 Å². The van der Waals surface area contributed by atoms with Crippen LogP contribution in [0.3, 0.4) is 0 Å². The number of halogens is 5. The summed E-state index contributed by atoms with van der Waals surface area (Å²) >= 11 is 5.89. The molecule has 0 aliphatic rings. The van der Waals surface area contributed by atoms with E-state index in [0.717, 1.165) is 30.3 Å². The van der Waals surface area contributed by atoms with Crippen LogP contribution in [0.25, 0.3) is 0 Å². The van der Waals surface area contributed by atoms with Crippen molar-refractivity contribution in [2.75, 3.05) is 15.8 Å². The molecule has 0 unspecified atom stereocenters. The normalized spacial score (nSPS) is 13.2. The summed E-state index contributed by atoms with van der Waals surface area (Å²) in [7, 11) is -8.42. The van der Waals surface area contributed by atoms with E-state index < -0.39 is 72.6 Å². The zero-order valence-electron chi connectivity index (χ0n) is 21.5. The average molecular weight is 656 g/mol. The van der Waals surface area contributed by atoms with E-state index >= 15 is 0 Å². The summed E-state index contributed by atoms with van der Waals surface area (Å²) < 4.78 is 96.3. The van der Waals surface area contributed by atoms with Gasteiger partial charge in [-0.25, -0.2) is 30.0 Å². The number of sulfone groups is 1. The molecule has 3 rings (SSSR count). The van der Waals surface area contributed by atoms with Crippen molar-refractivity contribution < 1.29 is 39.9 Å². The van der Waals surface area contributed by atoms with E-state index in [1.165, 1.54) is 37.3 Å². The lowest BCUT2D eigenvalue weighted by Crippen LogP contribution is -2.38. The van der Waals surface area contributed by atoms with Gasteiger partial charge in [0, 0.05) is 11.1 Å². The van der Waals surface area contributed by atoms with Gasteiger partial charge in [-0.3, -0.25) is 9.10 Å². The quantitative estimate of drug-likeness (QED) is 0.284. The van der Waals surface area contributed by atoms with Crippen LogP contribution in [-0.2, 0) is 31.1 Å². The molecule has 8 nitrogen and oxygen atoms in total. The first-order valence-electron chi connectivity index (χ1n) is 11.8. The van der Waals surface area contributed by atoms with Crippen molar-refractivity contribution in [3.05, 3.63) is 94.3 Å². The van der Waals surface area contributed by atoms with Gasteiger partial charge in [0.2, 0.25) is 0 Å². The fourth-order valence-corrected chi connectivity index (χ4v) is 7.36. The second kappa shape index (κ2) is 13.9. The molecule has 0 amide bonds. The van der Waals surface area contributed by atoms with Gasteiger partial charge in [-0.05, 0) is 79.4 Å². The van der Waals surface area contributed by atoms with Gasteiger partial charge in [0.1, 0.15) is 23.5 Å². The Balaban J connectivity index is 0.00000588. The lowest BCUT2D eigenvalue weighted by molar-refractivity contribution is -0.137. The number of carboxylic acids is 1. The first kappa shape index (κ1) is 34.4. The molecule has 2 atom stereocenters. The molecule has 224 valence electrons. The number of rotatable bonds is 12. The fourth-order valence-electron chi connectivity index (χ4n) is 4.16. The summed E-state index contributed by atoms with van der Waals surface area (Å²) in [6.45, 7) is 1.40. The van der Waals surface area contributed by atoms with Crippen molar-refractivity contribution in [1.82, 2.24) is 0 Å². The molecule has 0 saturated carbocycles. The maximum Gasteiger partial charge on any atom is 0.321 e. The summed E-state index contributed by atoms with van der Waals surface area (Å²) in [5.74, 6) is -5.36. The number of carbonyl (C=O) groups is 1. The van der Waals surface area contributed by atoms with E-state index in [0.29, 0.717) is 4.31 Å². The molecular weight excluding hydrogens is 628 g/mol. The smallest absolute Gasteiger partial charge is 0.321 e. The average Bonchev–Trinajstić information content (AvgIpc) is 2.86. The summed E-state index contributed by atoms with van der Waals surface area (Å²) in [4.78, 5) is 10.6. The third-order valence-electron chi connectivity index (χ3n) is 6.08. The molecule has 0 saturated heterocycles. The minimum Gasteiger partial charge on any atom is -0.480 e. The molecule has 15 heteroatoms. The molecule has 0 fully saturated rings. The second-order valence-corrected chi connectivity index (χ2v) is 13.5. The van der Waals surface area contributed by atoms with E-state index in [9.17, 15) is 34.8 Å². The van der Waals surface area contributed by atoms with Gasteiger partial charge in [0.15, 0.2) is 9.84 Å². The number of benzene rings is 3. The molecule has 0 aromatic heterocycles. The van der Waals surface area contributed by atoms with E-state index in [-0.39, 0.29) is 46.3 Å². The molecule has 0 bridgehead atoms. The number of hydrogen-bond donors (Lipinski definition) is 2. The summed E-state index contributed by atoms with van der Waals surface area (Å²) in [5, 5.41) is 9.13. The highest BCUT2D eigenvalue weighted by Gasteiger charge is 2.34. The monoisotopic (exact) mass is 654 g/mol. The van der Waals surface area contributed by atoms with Gasteiger partial charge >= 0.3 is 5.97 Å². The van der Waals surface area contributed by atoms with Crippen molar-refractivity contribution >= 4 is 55.5 Å². The summed E-state index contributed by atoms with van der Waals surface area (Å²) in [6, 6.07) is 7.98. The lowest BCUT2D eigenvalue weighted by Gasteiger charge is -2.32. The highest BCUT2D eigenvalue weighted by molar-refractivity contribution is 7.93. The van der Waals surface area contributed by atoms with Gasteiger partial charge in [-0.2, -0.15) is 0 Å². The predicted octanol–water partition coefficient (Wildman–Crippen LogP) is 4.89. The topological polar surface area (TPSA) is 135 Å². The standard InChI is InChI=1S/C26H26ClF3N2O6S2.ClH/c1-16(22-10-6-19(28)13-17(22)3-2-12-39(35,36)15-24(31)26(33)34)32(25-14-20(29)7-11-23(25)30)40(37,38)21-8-4-18(27)5-9-21;/h4-11,13-14,16,24H,2-3,12,15,31H2,1H3,(H,33,34);1H/t16-,24+;/m1./s1. The van der Waals surface area contributed by atoms with E-state index in [1.807, 2.05) is 0 Å². The number of anilines is 1. The van der Waals surface area contributed by atoms with Crippen molar-refractivity contribution in [1.29, 1.82) is 0 Å². The van der Waals surface area contributed by atoms with Gasteiger partial charge in [0.05, 0.1) is 28.1 Å². The Morgan fingerprint density at radius 3 is 2.17 bits per heavy atom. The van der Waals surface area contributed by atoms with Crippen molar-refractivity contribution in [2.45, 2.75) is 36.7 Å². The van der Waals surface area contributed by atoms with Crippen LogP contribution in [0.4, 0.5) is 18.9 Å². The van der Waals surface area contributed by atoms with Crippen LogP contribution in [0.15, 0.2) is 65.6 Å². The Bertz CT molecular complexity index is 1610. The maximum absolute atomic E-state index is 15.0. The van der Waals surface area contributed by atoms with Crippen LogP contribution in [0, 0.1) is 17.5 Å². The highest BCUT2D eigenvalue weighted by atomic mass is 35.5. The molecule has 0 radical (unpaired) electrons. The Kier molecular flexibility index (Phi) is 11.6. The fraction of sp³-hybridized carbons (Fsp3) is 0.269. The van der Waals surface area contributed by atoms with Crippen LogP contribution in [0.1, 0.15) is 30.5 Å². The Labute approximate surface area is 247 Å². The zero-order chi connectivity index (χ0) is 29.8. The van der Waals surface area contributed by atoms with Crippen LogP contribution in [0.5, 0.6) is 0 Å². The Morgan fingerprint density at radius 2 is 1.56 bits per heavy atom. The number of aryl methyl sites for hydroxylation is 1. The SMILES string of the molecule is C[C@H](c1ccc(F)cc1CCCS(=O)(=O)C[C@H](N)C(=O)O)N(c1cc(F)ccc1F)S(=O)(=O)c1ccc(Cl)cc1.Cl. The number of carboxylic acid groups (broad SMARTS) is 1. The van der Waals surface area contributed by atoms with Gasteiger partial charge in [-0.1, -0.05) is 17.7 Å². The van der Waals surface area contributed by atoms with E-state index in [4.69, 9.17) is 22.4 Å². The summed E-state index contributed by atoms with van der Waals surface area (Å²) in [5.41, 5.74) is 5.16. The number of nitrogens with zero attached hydrogens (tertiary/aromatic N) is 1. The van der Waals surface area contributed by atoms with Crippen LogP contribution < -0.4 is 10.0 Å². The number of sulfonamides is 1. The molecule has 0 heterocycles. The largest absolute Gasteiger partial charge is 0.480 e. The molecule has 3 aromatic rings. The Morgan fingerprint density at radius 1 is 0.976 bits per heavy atom. The highest BCUT2D eigenvalue weighted by Crippen LogP contribution is 2.37. The van der Waals surface area contributed by atoms with Crippen LogP contribution >= 0.6 is 24.0 Å². The van der Waals surface area contributed by atoms with Crippen molar-refractivity contribution in [2.24, 2.45) is 5.73 Å². The van der Waals surface area contributed by atoms with Crippen molar-refractivity contribution in [3.63, 3.8) is 0 Å². The van der Waals surface area contributed by atoms with E-state index in [2.05, 4.69) is 0 Å². The van der Waals surface area contributed by atoms with Crippen molar-refractivity contribution in [3.8, 4) is 0 Å². The Hall–Kier alpha value is -2.84. The van der Waals surface area contributed by atoms with Crippen LogP contribution in [-0.4, -0.2) is 45.5 Å². The van der Waals surface area contributed by atoms with Crippen LogP contribution in [0.2, 0.25) is 5.02 Å². The molecule has 0 spiro atoms. The molecule has 3 aromatic carbocycles. The first-order chi connectivity index (χ1) is 18.6. The lowest BCUT2D eigenvalue weighted by atomic mass is 9.97. The molecule has 0 aliphatic carbocycles. The first-order valence-corrected chi connectivity index (χ1v) is 15.5. The zero-order valence-corrected chi connectivity index (χ0v) is 24.7. The molecular formula is C26H27Cl2F3N2O6S2. The van der Waals surface area contributed by atoms with Gasteiger partial charge < -0.3 is 10.8 Å². The minimum absolute atomic E-state index is 0. The number of hydrogen-bond acceptors (Lipinski definition) is 6. The molecule has 0 aliphatic heterocycles. The number of aliphatic carboxylic acids is 1. The second-order valence-electron chi connectivity index (χ2n) is 9.03. The minimum atomic E-state index is -4.54. The molecule has 41 heavy (non-hydrogen) atoms. The molecule has 3 N–H and O–H groups in total. The third kappa shape index (κ3) is 8.58. The van der Waals surface area contributed by atoms with Gasteiger partial charge in [0.25, 0.3) is 10.0 Å². The van der Waals surface area contributed by atoms with E-state index in [1.54, 1.807) is 0 Å². The summed E-state index contributed by atoms with van der Waals surface area (Å²) in [6.07, 6.45) is -0.129. The third-order valence-corrected chi connectivity index (χ3v) is 10.0. The predicted molar refractivity (Wildman–Crippen MR) is 152 cm³/mol. The maximum atomic E-state index is 15.0.